The Balaban J connectivity index is 2.67. The Hall–Kier alpha value is -5.15. The van der Waals surface area contributed by atoms with Gasteiger partial charge in [-0.05, 0) is 165 Å². The molecule has 0 bridgehead atoms. The number of rotatable bonds is 29. The molecule has 4 atom stereocenters. The second-order valence-corrected chi connectivity index (χ2v) is 26.0. The van der Waals surface area contributed by atoms with E-state index >= 15 is 0 Å². The maximum absolute atomic E-state index is 14.4. The molecule has 2 rings (SSSR count). The molecule has 18 nitrogen and oxygen atoms in total. The standard InChI is InChI=1S/C56H84NO17P2/c1-17-21-23-25-44(59)67-38-30-27-36(28-31-38)39(19-3)40(20-4)37-29-32-42(68-45(60)26-24-22-18-2)41(35-37)57-43(58)33-34-46(75(65)73-51(69-47(61)53(5,6)7)70-48(62)54(8,9)10)76(66)74-52(71-49(63)55(11,12)13)72-50(64)56(14,15)16/h27-32,35,39-40,46,51-52H,17-26,33-34H2,1-16H3/q+1/p+1. The highest BCUT2D eigenvalue weighted by Gasteiger charge is 2.57. The first kappa shape index (κ1) is 67.0. The summed E-state index contributed by atoms with van der Waals surface area (Å²) < 4.78 is 72.7. The minimum atomic E-state index is -3.41. The minimum Gasteiger partial charge on any atom is -0.427 e. The number of hydrogen-bond donors (Lipinski definition) is 1. The molecule has 0 spiro atoms. The number of hydrogen-bond acceptors (Lipinski definition) is 17. The largest absolute Gasteiger partial charge is 0.574 e. The highest BCUT2D eigenvalue weighted by molar-refractivity contribution is 7.58. The number of anilines is 1. The molecule has 0 aliphatic heterocycles. The van der Waals surface area contributed by atoms with Gasteiger partial charge >= 0.3 is 70.2 Å². The predicted molar refractivity (Wildman–Crippen MR) is 287 cm³/mol. The molecule has 424 valence electrons. The van der Waals surface area contributed by atoms with Crippen LogP contribution in [-0.2, 0) is 70.7 Å². The number of carbonyl (C=O) groups is 7. The van der Waals surface area contributed by atoms with E-state index in [1.165, 1.54) is 83.1 Å². The highest BCUT2D eigenvalue weighted by Crippen LogP contribution is 2.51. The van der Waals surface area contributed by atoms with Crippen molar-refractivity contribution in [3.63, 3.8) is 0 Å². The molecule has 1 N–H and O–H groups in total. The third-order valence-electron chi connectivity index (χ3n) is 11.6. The van der Waals surface area contributed by atoms with Crippen LogP contribution in [0.5, 0.6) is 11.5 Å². The minimum absolute atomic E-state index is 0.0398. The maximum Gasteiger partial charge on any atom is 0.574 e. The molecule has 76 heavy (non-hydrogen) atoms. The number of esters is 6. The van der Waals surface area contributed by atoms with Gasteiger partial charge < -0.3 is 33.7 Å². The zero-order chi connectivity index (χ0) is 57.8. The smallest absolute Gasteiger partial charge is 0.427 e. The van der Waals surface area contributed by atoms with Crippen LogP contribution in [0.2, 0.25) is 0 Å². The Morgan fingerprint density at radius 2 is 0.882 bits per heavy atom. The lowest BCUT2D eigenvalue weighted by atomic mass is 9.78. The van der Waals surface area contributed by atoms with Crippen LogP contribution < -0.4 is 14.8 Å². The number of ether oxygens (including phenoxy) is 6. The van der Waals surface area contributed by atoms with Crippen molar-refractivity contribution in [1.29, 1.82) is 0 Å². The van der Waals surface area contributed by atoms with Crippen LogP contribution >= 0.6 is 16.1 Å². The topological polar surface area (TPSA) is 239 Å². The van der Waals surface area contributed by atoms with Crippen LogP contribution in [0.1, 0.15) is 211 Å². The Bertz CT molecular complexity index is 2170. The monoisotopic (exact) mass is 1110 g/mol. The molecule has 0 fully saturated rings. The fraction of sp³-hybridized carbons (Fsp3) is 0.661. The molecule has 4 unspecified atom stereocenters. The molecular formula is C56H85NO17P2+2. The average molecular weight is 1110 g/mol. The van der Waals surface area contributed by atoms with Crippen molar-refractivity contribution in [2.24, 2.45) is 21.7 Å². The molecule has 20 heteroatoms. The first-order valence-corrected chi connectivity index (χ1v) is 28.8. The highest BCUT2D eigenvalue weighted by atomic mass is 31.2. The summed E-state index contributed by atoms with van der Waals surface area (Å²) in [6.07, 6.45) is 5.63. The van der Waals surface area contributed by atoms with Crippen LogP contribution in [0.3, 0.4) is 0 Å². The number of carbonyl (C=O) groups excluding carboxylic acids is 7. The van der Waals surface area contributed by atoms with Crippen LogP contribution in [0.25, 0.3) is 0 Å². The van der Waals surface area contributed by atoms with Crippen molar-refractivity contribution in [1.82, 2.24) is 0 Å². The van der Waals surface area contributed by atoms with E-state index in [0.29, 0.717) is 31.4 Å². The van der Waals surface area contributed by atoms with E-state index in [4.69, 9.17) is 37.5 Å². The Labute approximate surface area is 452 Å². The lowest BCUT2D eigenvalue weighted by Gasteiger charge is -2.27. The predicted octanol–water partition coefficient (Wildman–Crippen LogP) is 13.8. The van der Waals surface area contributed by atoms with Gasteiger partial charge in [-0.1, -0.05) is 80.6 Å². The van der Waals surface area contributed by atoms with Gasteiger partial charge in [0.15, 0.2) is 5.75 Å². The summed E-state index contributed by atoms with van der Waals surface area (Å²) >= 11 is 0. The summed E-state index contributed by atoms with van der Waals surface area (Å²) in [5.41, 5.74) is -2.75. The molecule has 1 amide bonds. The summed E-state index contributed by atoms with van der Waals surface area (Å²) in [6, 6.07) is 12.6. The normalized spacial score (nSPS) is 13.7. The number of nitrogens with one attached hydrogen (secondary N) is 1. The van der Waals surface area contributed by atoms with Crippen molar-refractivity contribution < 1.29 is 80.2 Å². The molecule has 0 saturated carbocycles. The van der Waals surface area contributed by atoms with Crippen molar-refractivity contribution in [3.8, 4) is 11.5 Å². The van der Waals surface area contributed by atoms with Crippen molar-refractivity contribution >= 4 is 63.5 Å². The molecule has 0 radical (unpaired) electrons. The molecule has 0 aromatic heterocycles. The van der Waals surface area contributed by atoms with E-state index in [9.17, 15) is 42.7 Å². The van der Waals surface area contributed by atoms with Crippen LogP contribution in [0.15, 0.2) is 42.5 Å². The van der Waals surface area contributed by atoms with E-state index < -0.39 is 105 Å². The van der Waals surface area contributed by atoms with E-state index in [2.05, 4.69) is 19.2 Å². The van der Waals surface area contributed by atoms with Gasteiger partial charge in [-0.15, -0.1) is 0 Å². The lowest BCUT2D eigenvalue weighted by molar-refractivity contribution is -0.244. The molecule has 2 aromatic carbocycles. The van der Waals surface area contributed by atoms with E-state index in [1.54, 1.807) is 24.3 Å². The Kier molecular flexibility index (Phi) is 27.0. The average Bonchev–Trinajstić information content (AvgIpc) is 3.30. The molecule has 0 heterocycles. The van der Waals surface area contributed by atoms with Gasteiger partial charge in [0, 0.05) is 19.3 Å². The third-order valence-corrected chi connectivity index (χ3v) is 14.9. The quantitative estimate of drug-likeness (QED) is 0.0262. The van der Waals surface area contributed by atoms with Gasteiger partial charge in [-0.3, -0.25) is 33.6 Å². The fourth-order valence-electron chi connectivity index (χ4n) is 6.91. The van der Waals surface area contributed by atoms with Crippen LogP contribution in [-0.4, -0.2) is 60.1 Å². The summed E-state index contributed by atoms with van der Waals surface area (Å²) in [5, 5.41) is 0.993. The van der Waals surface area contributed by atoms with Gasteiger partial charge in [0.05, 0.1) is 33.8 Å². The van der Waals surface area contributed by atoms with E-state index in [0.717, 1.165) is 43.2 Å². The molecular weight excluding hydrogens is 1020 g/mol. The van der Waals surface area contributed by atoms with Gasteiger partial charge in [0.25, 0.3) is 0 Å². The first-order chi connectivity index (χ1) is 35.2. The van der Waals surface area contributed by atoms with E-state index in [-0.39, 0.29) is 35.7 Å². The second-order valence-electron chi connectivity index (χ2n) is 22.8. The zero-order valence-electron chi connectivity index (χ0n) is 47.7. The van der Waals surface area contributed by atoms with E-state index in [1.807, 2.05) is 32.0 Å². The van der Waals surface area contributed by atoms with Gasteiger partial charge in [-0.2, -0.15) is 0 Å². The van der Waals surface area contributed by atoms with Gasteiger partial charge in [0.1, 0.15) is 5.75 Å². The van der Waals surface area contributed by atoms with Crippen molar-refractivity contribution in [2.75, 3.05) is 5.32 Å². The van der Waals surface area contributed by atoms with Gasteiger partial charge in [0.2, 0.25) is 5.91 Å². The summed E-state index contributed by atoms with van der Waals surface area (Å²) in [5.74, 6) is -4.89. The number of unbranched alkanes of at least 4 members (excludes halogenated alkanes) is 4. The SMILES string of the molecule is CCCCCC(=O)Oc1ccc(C(CC)C(CC)c2ccc(OC(=O)CCCCC)c(NC(=O)CCC([P+](=O)OC(OC(=O)C(C)(C)C)OC(=O)C(C)(C)C)[P+](=O)OC(OC(=O)C(C)(C)C)OC(=O)C(C)(C)C)c2)cc1. The summed E-state index contributed by atoms with van der Waals surface area (Å²) in [7, 11) is -6.83. The summed E-state index contributed by atoms with van der Waals surface area (Å²) in [6.45, 7) is 21.8. The molecule has 0 aliphatic rings. The Morgan fingerprint density at radius 1 is 0.500 bits per heavy atom. The van der Waals surface area contributed by atoms with Gasteiger partial charge in [-0.25, -0.2) is 0 Å². The molecule has 0 aliphatic carbocycles. The van der Waals surface area contributed by atoms with Crippen LogP contribution in [0.4, 0.5) is 5.69 Å². The maximum atomic E-state index is 14.4. The molecule has 2 aromatic rings. The molecule has 0 saturated heterocycles. The second kappa shape index (κ2) is 30.7. The summed E-state index contributed by atoms with van der Waals surface area (Å²) in [4.78, 5) is 92.1. The van der Waals surface area contributed by atoms with Crippen molar-refractivity contribution in [3.05, 3.63) is 53.6 Å². The van der Waals surface area contributed by atoms with Crippen LogP contribution in [0, 0.1) is 21.7 Å². The number of amides is 1. The van der Waals surface area contributed by atoms with Crippen molar-refractivity contribution in [2.45, 2.75) is 218 Å². The lowest BCUT2D eigenvalue weighted by Crippen LogP contribution is -2.35. The first-order valence-electron chi connectivity index (χ1n) is 26.3. The fourth-order valence-corrected chi connectivity index (χ4v) is 9.32. The number of benzene rings is 2. The Morgan fingerprint density at radius 3 is 1.26 bits per heavy atom. The zero-order valence-corrected chi connectivity index (χ0v) is 49.5. The third kappa shape index (κ3) is 23.2.